The highest BCUT2D eigenvalue weighted by atomic mass is 16.3. The summed E-state index contributed by atoms with van der Waals surface area (Å²) in [5, 5.41) is 18.2. The number of aliphatic hydroxyl groups excluding tert-OH is 2. The summed E-state index contributed by atoms with van der Waals surface area (Å²) in [5.74, 6) is 0. The number of aliphatic hydroxyl groups is 2. The second-order valence-electron chi connectivity index (χ2n) is 2.62. The van der Waals surface area contributed by atoms with E-state index in [0.29, 0.717) is 12.8 Å². The molecule has 0 amide bonds. The largest absolute Gasteiger partial charge is 0.393 e. The molecule has 2 unspecified atom stereocenters. The Morgan fingerprint density at radius 1 is 1.30 bits per heavy atom. The summed E-state index contributed by atoms with van der Waals surface area (Å²) >= 11 is 0. The molecule has 61 valence electrons. The fourth-order valence-corrected chi connectivity index (χ4v) is 0.883. The van der Waals surface area contributed by atoms with Crippen LogP contribution in [0.25, 0.3) is 0 Å². The van der Waals surface area contributed by atoms with Gasteiger partial charge in [-0.3, -0.25) is 0 Å². The summed E-state index contributed by atoms with van der Waals surface area (Å²) in [6.07, 6.45) is 1.92. The molecule has 0 spiro atoms. The van der Waals surface area contributed by atoms with Crippen molar-refractivity contribution < 1.29 is 10.2 Å². The zero-order valence-corrected chi connectivity index (χ0v) is 6.58. The van der Waals surface area contributed by atoms with Crippen molar-refractivity contribution in [2.24, 2.45) is 0 Å². The third kappa shape index (κ3) is 4.77. The van der Waals surface area contributed by atoms with Crippen LogP contribution >= 0.6 is 0 Å². The fraction of sp³-hybridized carbons (Fsp3) is 0.875. The van der Waals surface area contributed by atoms with Crippen molar-refractivity contribution in [2.75, 3.05) is 0 Å². The predicted molar refractivity (Wildman–Crippen MR) is 41.5 cm³/mol. The van der Waals surface area contributed by atoms with E-state index in [-0.39, 0.29) is 6.10 Å². The van der Waals surface area contributed by atoms with Gasteiger partial charge in [-0.25, -0.2) is 0 Å². The topological polar surface area (TPSA) is 40.5 Å². The molecule has 0 bridgehead atoms. The summed E-state index contributed by atoms with van der Waals surface area (Å²) in [5.41, 5.74) is 0. The smallest absolute Gasteiger partial charge is 0.0564 e. The van der Waals surface area contributed by atoms with Crippen molar-refractivity contribution in [1.82, 2.24) is 0 Å². The van der Waals surface area contributed by atoms with Crippen LogP contribution in [0.4, 0.5) is 0 Å². The van der Waals surface area contributed by atoms with Gasteiger partial charge in [0.25, 0.3) is 0 Å². The maximum atomic E-state index is 9.16. The average Bonchev–Trinajstić information content (AvgIpc) is 1.88. The van der Waals surface area contributed by atoms with E-state index < -0.39 is 6.10 Å². The zero-order chi connectivity index (χ0) is 7.98. The molecule has 0 fully saturated rings. The molecule has 0 aromatic carbocycles. The summed E-state index contributed by atoms with van der Waals surface area (Å²) in [6, 6.07) is 0. The van der Waals surface area contributed by atoms with E-state index in [1.165, 1.54) is 0 Å². The van der Waals surface area contributed by atoms with Gasteiger partial charge >= 0.3 is 0 Å². The zero-order valence-electron chi connectivity index (χ0n) is 6.58. The van der Waals surface area contributed by atoms with Crippen LogP contribution in [0.5, 0.6) is 0 Å². The van der Waals surface area contributed by atoms with Gasteiger partial charge in [-0.1, -0.05) is 20.3 Å². The summed E-state index contributed by atoms with van der Waals surface area (Å²) in [4.78, 5) is 0. The van der Waals surface area contributed by atoms with E-state index in [1.807, 2.05) is 6.92 Å². The van der Waals surface area contributed by atoms with Crippen molar-refractivity contribution in [3.8, 4) is 0 Å². The Labute approximate surface area is 62.9 Å². The van der Waals surface area contributed by atoms with E-state index in [4.69, 9.17) is 10.2 Å². The molecule has 2 atom stereocenters. The molecule has 0 aliphatic heterocycles. The van der Waals surface area contributed by atoms with Gasteiger partial charge in [-0.05, 0) is 19.3 Å². The third-order valence-electron chi connectivity index (χ3n) is 1.50. The van der Waals surface area contributed by atoms with Gasteiger partial charge in [0.05, 0.1) is 12.2 Å². The molecular weight excluding hydrogens is 128 g/mol. The quantitative estimate of drug-likeness (QED) is 0.608. The lowest BCUT2D eigenvalue weighted by molar-refractivity contribution is 0.0765. The molecule has 0 saturated heterocycles. The summed E-state index contributed by atoms with van der Waals surface area (Å²) < 4.78 is 0. The minimum absolute atomic E-state index is 0.346. The first-order chi connectivity index (χ1) is 4.70. The van der Waals surface area contributed by atoms with Crippen LogP contribution in [0.1, 0.15) is 32.6 Å². The fourth-order valence-electron chi connectivity index (χ4n) is 0.883. The monoisotopic (exact) mass is 145 g/mol. The Hall–Kier alpha value is -0.0800. The molecule has 0 rings (SSSR count). The molecule has 2 N–H and O–H groups in total. The number of hydrogen-bond donors (Lipinski definition) is 2. The minimum Gasteiger partial charge on any atom is -0.393 e. The van der Waals surface area contributed by atoms with Crippen molar-refractivity contribution in [1.29, 1.82) is 0 Å². The van der Waals surface area contributed by atoms with Crippen molar-refractivity contribution in [3.05, 3.63) is 6.92 Å². The normalized spacial score (nSPS) is 16.8. The van der Waals surface area contributed by atoms with Gasteiger partial charge in [0.2, 0.25) is 0 Å². The first-order valence-electron chi connectivity index (χ1n) is 3.86. The van der Waals surface area contributed by atoms with E-state index in [2.05, 4.69) is 6.92 Å². The number of hydrogen-bond acceptors (Lipinski definition) is 2. The molecule has 1 radical (unpaired) electrons. The third-order valence-corrected chi connectivity index (χ3v) is 1.50. The highest BCUT2D eigenvalue weighted by molar-refractivity contribution is 4.63. The van der Waals surface area contributed by atoms with Crippen molar-refractivity contribution in [2.45, 2.75) is 44.8 Å². The van der Waals surface area contributed by atoms with Crippen LogP contribution in [0, 0.1) is 6.92 Å². The first kappa shape index (κ1) is 9.92. The Bertz CT molecular complexity index is 73.7. The van der Waals surface area contributed by atoms with Crippen LogP contribution in [0.2, 0.25) is 0 Å². The highest BCUT2D eigenvalue weighted by Gasteiger charge is 2.08. The van der Waals surface area contributed by atoms with Crippen LogP contribution in [0.15, 0.2) is 0 Å². The maximum absolute atomic E-state index is 9.16. The van der Waals surface area contributed by atoms with E-state index >= 15 is 0 Å². The van der Waals surface area contributed by atoms with Gasteiger partial charge < -0.3 is 10.2 Å². The Morgan fingerprint density at radius 2 is 1.90 bits per heavy atom. The SMILES string of the molecule is [CH2]CC(O)CC(O)CCC. The van der Waals surface area contributed by atoms with Crippen LogP contribution in [0.3, 0.4) is 0 Å². The first-order valence-corrected chi connectivity index (χ1v) is 3.86. The van der Waals surface area contributed by atoms with Crippen molar-refractivity contribution >= 4 is 0 Å². The molecule has 0 aliphatic rings. The standard InChI is InChI=1S/C8H17O2/c1-3-5-8(10)6-7(9)4-2/h7-10H,2-6H2,1H3. The van der Waals surface area contributed by atoms with Crippen molar-refractivity contribution in [3.63, 3.8) is 0 Å². The van der Waals surface area contributed by atoms with E-state index in [9.17, 15) is 0 Å². The minimum atomic E-state index is -0.429. The predicted octanol–water partition coefficient (Wildman–Crippen LogP) is 1.12. The second-order valence-corrected chi connectivity index (χ2v) is 2.62. The molecule has 0 aliphatic carbocycles. The van der Waals surface area contributed by atoms with Gasteiger partial charge in [0.1, 0.15) is 0 Å². The van der Waals surface area contributed by atoms with Gasteiger partial charge in [0, 0.05) is 0 Å². The lowest BCUT2D eigenvalue weighted by atomic mass is 10.1. The van der Waals surface area contributed by atoms with Crippen LogP contribution < -0.4 is 0 Å². The molecule has 2 nitrogen and oxygen atoms in total. The molecule has 0 aromatic heterocycles. The van der Waals surface area contributed by atoms with Crippen LogP contribution in [-0.4, -0.2) is 22.4 Å². The van der Waals surface area contributed by atoms with Crippen LogP contribution in [-0.2, 0) is 0 Å². The Kier molecular flexibility index (Phi) is 5.64. The summed E-state index contributed by atoms with van der Waals surface area (Å²) in [6.45, 7) is 5.55. The maximum Gasteiger partial charge on any atom is 0.0564 e. The number of rotatable bonds is 5. The van der Waals surface area contributed by atoms with E-state index in [0.717, 1.165) is 12.8 Å². The molecule has 0 saturated carbocycles. The average molecular weight is 145 g/mol. The molecule has 10 heavy (non-hydrogen) atoms. The summed E-state index contributed by atoms with van der Waals surface area (Å²) in [7, 11) is 0. The highest BCUT2D eigenvalue weighted by Crippen LogP contribution is 2.06. The van der Waals surface area contributed by atoms with Gasteiger partial charge in [-0.2, -0.15) is 0 Å². The Balaban J connectivity index is 3.27. The van der Waals surface area contributed by atoms with Gasteiger partial charge in [-0.15, -0.1) is 0 Å². The Morgan fingerprint density at radius 3 is 2.30 bits per heavy atom. The lowest BCUT2D eigenvalue weighted by Crippen LogP contribution is -2.16. The van der Waals surface area contributed by atoms with Gasteiger partial charge in [0.15, 0.2) is 0 Å². The molecule has 0 aromatic rings. The van der Waals surface area contributed by atoms with E-state index in [1.54, 1.807) is 0 Å². The lowest BCUT2D eigenvalue weighted by Gasteiger charge is -2.12. The molecule has 0 heterocycles. The molecular formula is C8H17O2. The molecule has 2 heteroatoms. The second kappa shape index (κ2) is 5.69.